The van der Waals surface area contributed by atoms with E-state index in [2.05, 4.69) is 15.5 Å². The third-order valence-corrected chi connectivity index (χ3v) is 4.54. The number of nitrogens with one attached hydrogen (secondary N) is 1. The Morgan fingerprint density at radius 1 is 1.36 bits per heavy atom. The van der Waals surface area contributed by atoms with Crippen molar-refractivity contribution in [3.05, 3.63) is 23.8 Å². The van der Waals surface area contributed by atoms with Crippen molar-refractivity contribution in [2.75, 3.05) is 13.2 Å². The largest absolute Gasteiger partial charge is 0.493 e. The first-order valence-electron chi connectivity index (χ1n) is 9.39. The second-order valence-electron chi connectivity index (χ2n) is 7.26. The Hall–Kier alpha value is -3.03. The lowest BCUT2D eigenvalue weighted by Crippen LogP contribution is -2.35. The lowest BCUT2D eigenvalue weighted by atomic mass is 10.3. The van der Waals surface area contributed by atoms with E-state index in [4.69, 9.17) is 18.4 Å². The van der Waals surface area contributed by atoms with Crippen LogP contribution in [0.1, 0.15) is 32.3 Å². The zero-order chi connectivity index (χ0) is 19.7. The molecule has 3 aromatic rings. The number of hydrogen-bond acceptors (Lipinski definition) is 7. The van der Waals surface area contributed by atoms with E-state index in [9.17, 15) is 4.79 Å². The smallest absolute Gasteiger partial charge is 0.267 e. The Morgan fingerprint density at radius 3 is 2.93 bits per heavy atom. The molecule has 0 bridgehead atoms. The van der Waals surface area contributed by atoms with Crippen LogP contribution in [0.5, 0.6) is 11.6 Å². The highest BCUT2D eigenvalue weighted by molar-refractivity contribution is 5.77. The first-order valence-corrected chi connectivity index (χ1v) is 9.39. The molecule has 1 saturated carbocycles. The topological polar surface area (TPSA) is 99.6 Å². The lowest BCUT2D eigenvalue weighted by molar-refractivity contribution is -0.119. The normalized spacial score (nSPS) is 14.8. The van der Waals surface area contributed by atoms with Crippen LogP contribution in [-0.2, 0) is 4.79 Å². The lowest BCUT2D eigenvalue weighted by Gasteiger charge is -2.12. The van der Waals surface area contributed by atoms with Gasteiger partial charge in [-0.1, -0.05) is 0 Å². The molecule has 1 N–H and O–H groups in total. The fourth-order valence-electron chi connectivity index (χ4n) is 2.84. The molecular formula is C20H23N3O5. The highest BCUT2D eigenvalue weighted by Gasteiger charge is 2.23. The molecular weight excluding hydrogens is 362 g/mol. The standard InChI is InChI=1S/C20H23N3O5/c1-11(21-13(3)24)9-26-19-12(2)18(28-23-19)20-22-16-8-15(6-7-17(16)27-20)25-10-14-4-5-14/h6-8,11,14H,4-5,9-10H2,1-3H3,(H,21,24)/t11-/m0/s1. The van der Waals surface area contributed by atoms with E-state index < -0.39 is 0 Å². The summed E-state index contributed by atoms with van der Waals surface area (Å²) in [7, 11) is 0. The number of aromatic nitrogens is 2. The van der Waals surface area contributed by atoms with Crippen LogP contribution < -0.4 is 14.8 Å². The van der Waals surface area contributed by atoms with Crippen LogP contribution in [0.15, 0.2) is 27.1 Å². The van der Waals surface area contributed by atoms with Crippen LogP contribution >= 0.6 is 0 Å². The fraction of sp³-hybridized carbons (Fsp3) is 0.450. The summed E-state index contributed by atoms with van der Waals surface area (Å²) in [6.45, 7) is 6.16. The van der Waals surface area contributed by atoms with Crippen molar-refractivity contribution in [1.82, 2.24) is 15.5 Å². The van der Waals surface area contributed by atoms with Crippen molar-refractivity contribution in [3.8, 4) is 23.3 Å². The van der Waals surface area contributed by atoms with E-state index >= 15 is 0 Å². The van der Waals surface area contributed by atoms with Gasteiger partial charge in [-0.2, -0.15) is 0 Å². The number of amides is 1. The molecule has 1 aliphatic rings. The summed E-state index contributed by atoms with van der Waals surface area (Å²) in [5.74, 6) is 2.46. The van der Waals surface area contributed by atoms with Gasteiger partial charge in [0.25, 0.3) is 11.8 Å². The van der Waals surface area contributed by atoms with Gasteiger partial charge < -0.3 is 23.7 Å². The molecule has 0 saturated heterocycles. The van der Waals surface area contributed by atoms with Crippen molar-refractivity contribution >= 4 is 17.0 Å². The van der Waals surface area contributed by atoms with Gasteiger partial charge in [-0.05, 0) is 49.9 Å². The molecule has 2 aromatic heterocycles. The second-order valence-corrected chi connectivity index (χ2v) is 7.26. The number of ether oxygens (including phenoxy) is 2. The summed E-state index contributed by atoms with van der Waals surface area (Å²) in [4.78, 5) is 15.6. The highest BCUT2D eigenvalue weighted by atomic mass is 16.5. The minimum Gasteiger partial charge on any atom is -0.493 e. The summed E-state index contributed by atoms with van der Waals surface area (Å²) in [5, 5.41) is 6.70. The average molecular weight is 385 g/mol. The van der Waals surface area contributed by atoms with Crippen LogP contribution in [-0.4, -0.2) is 35.3 Å². The molecule has 0 aliphatic heterocycles. The van der Waals surface area contributed by atoms with Crippen molar-refractivity contribution in [2.45, 2.75) is 39.7 Å². The Balaban J connectivity index is 1.48. The number of hydrogen-bond donors (Lipinski definition) is 1. The molecule has 1 atom stereocenters. The van der Waals surface area contributed by atoms with E-state index in [1.807, 2.05) is 32.0 Å². The van der Waals surface area contributed by atoms with Crippen LogP contribution in [0.25, 0.3) is 22.8 Å². The molecule has 0 radical (unpaired) electrons. The Labute approximate surface area is 162 Å². The van der Waals surface area contributed by atoms with E-state index in [1.165, 1.54) is 19.8 Å². The van der Waals surface area contributed by atoms with Gasteiger partial charge >= 0.3 is 0 Å². The van der Waals surface area contributed by atoms with Crippen molar-refractivity contribution in [3.63, 3.8) is 0 Å². The Morgan fingerprint density at radius 2 is 2.18 bits per heavy atom. The van der Waals surface area contributed by atoms with E-state index in [0.717, 1.165) is 12.4 Å². The summed E-state index contributed by atoms with van der Waals surface area (Å²) in [6.07, 6.45) is 2.49. The fourth-order valence-corrected chi connectivity index (χ4v) is 2.84. The van der Waals surface area contributed by atoms with Crippen LogP contribution in [0.3, 0.4) is 0 Å². The van der Waals surface area contributed by atoms with Gasteiger partial charge in [0.2, 0.25) is 11.7 Å². The molecule has 1 aliphatic carbocycles. The van der Waals surface area contributed by atoms with Crippen LogP contribution in [0, 0.1) is 12.8 Å². The molecule has 8 nitrogen and oxygen atoms in total. The monoisotopic (exact) mass is 385 g/mol. The van der Waals surface area contributed by atoms with Crippen LogP contribution in [0.4, 0.5) is 0 Å². The second kappa shape index (κ2) is 7.53. The first-order chi connectivity index (χ1) is 13.5. The molecule has 0 unspecified atom stereocenters. The van der Waals surface area contributed by atoms with Gasteiger partial charge in [0.1, 0.15) is 17.9 Å². The summed E-state index contributed by atoms with van der Waals surface area (Å²) in [6, 6.07) is 5.44. The SMILES string of the molecule is CC(=O)N[C@@H](C)COc1noc(-c2nc3cc(OCC4CC4)ccc3o2)c1C. The summed E-state index contributed by atoms with van der Waals surface area (Å²) < 4.78 is 22.6. The molecule has 1 fully saturated rings. The number of carbonyl (C=O) groups excluding carboxylic acids is 1. The number of fused-ring (bicyclic) bond motifs is 1. The molecule has 0 spiro atoms. The number of oxazole rings is 1. The van der Waals surface area contributed by atoms with Gasteiger partial charge in [0, 0.05) is 13.0 Å². The summed E-state index contributed by atoms with van der Waals surface area (Å²) in [5.41, 5.74) is 2.03. The van der Waals surface area contributed by atoms with Gasteiger partial charge in [-0.3, -0.25) is 4.79 Å². The van der Waals surface area contributed by atoms with Crippen molar-refractivity contribution < 1.29 is 23.2 Å². The number of rotatable bonds is 8. The Bertz CT molecular complexity index is 989. The molecule has 8 heteroatoms. The third kappa shape index (κ3) is 4.11. The molecule has 148 valence electrons. The zero-order valence-electron chi connectivity index (χ0n) is 16.2. The quantitative estimate of drug-likeness (QED) is 0.633. The molecule has 1 aromatic carbocycles. The van der Waals surface area contributed by atoms with Crippen LogP contribution in [0.2, 0.25) is 0 Å². The maximum Gasteiger partial charge on any atom is 0.267 e. The predicted octanol–water partition coefficient (Wildman–Crippen LogP) is 3.48. The Kier molecular flexibility index (Phi) is 4.93. The van der Waals surface area contributed by atoms with E-state index in [0.29, 0.717) is 40.1 Å². The number of carbonyl (C=O) groups is 1. The molecule has 1 amide bonds. The maximum absolute atomic E-state index is 11.1. The average Bonchev–Trinajstić information content (AvgIpc) is 3.27. The molecule has 28 heavy (non-hydrogen) atoms. The molecule has 4 rings (SSSR count). The molecule has 2 heterocycles. The van der Waals surface area contributed by atoms with E-state index in [-0.39, 0.29) is 18.6 Å². The highest BCUT2D eigenvalue weighted by Crippen LogP contribution is 2.33. The van der Waals surface area contributed by atoms with Gasteiger partial charge in [-0.15, -0.1) is 0 Å². The summed E-state index contributed by atoms with van der Waals surface area (Å²) >= 11 is 0. The zero-order valence-corrected chi connectivity index (χ0v) is 16.2. The minimum atomic E-state index is -0.143. The van der Waals surface area contributed by atoms with Gasteiger partial charge in [0.05, 0.1) is 18.2 Å². The predicted molar refractivity (Wildman–Crippen MR) is 101 cm³/mol. The minimum absolute atomic E-state index is 0.111. The number of nitrogens with zero attached hydrogens (tertiary/aromatic N) is 2. The van der Waals surface area contributed by atoms with E-state index in [1.54, 1.807) is 0 Å². The third-order valence-electron chi connectivity index (χ3n) is 4.54. The number of benzene rings is 1. The van der Waals surface area contributed by atoms with Gasteiger partial charge in [-0.25, -0.2) is 4.98 Å². The van der Waals surface area contributed by atoms with Gasteiger partial charge in [0.15, 0.2) is 5.58 Å². The first kappa shape index (κ1) is 18.3. The van der Waals surface area contributed by atoms with Crippen molar-refractivity contribution in [2.24, 2.45) is 5.92 Å². The van der Waals surface area contributed by atoms with Crippen molar-refractivity contribution in [1.29, 1.82) is 0 Å². The maximum atomic E-state index is 11.1.